The Balaban J connectivity index is 1.90. The largest absolute Gasteiger partial charge is 0.338 e. The summed E-state index contributed by atoms with van der Waals surface area (Å²) in [6, 6.07) is 3.13. The number of rotatable bonds is 3. The average Bonchev–Trinajstić information content (AvgIpc) is 3.01. The SMILES string of the molecule is Cc1cc(C(=O)N2CCCC(c3nccn3C)C2)cc(S(N)(=O)=O)c1C. The van der Waals surface area contributed by atoms with Crippen LogP contribution in [0.2, 0.25) is 0 Å². The maximum atomic E-state index is 13.0. The minimum atomic E-state index is -3.88. The molecule has 0 aliphatic carbocycles. The van der Waals surface area contributed by atoms with Gasteiger partial charge in [-0.1, -0.05) is 0 Å². The number of likely N-dealkylation sites (tertiary alicyclic amines) is 1. The summed E-state index contributed by atoms with van der Waals surface area (Å²) in [6.45, 7) is 4.70. The fraction of sp³-hybridized carbons (Fsp3) is 0.444. The summed E-state index contributed by atoms with van der Waals surface area (Å²) in [6.07, 6.45) is 5.52. The number of primary sulfonamides is 1. The van der Waals surface area contributed by atoms with Gasteiger partial charge in [-0.05, 0) is 49.9 Å². The van der Waals surface area contributed by atoms with Crippen LogP contribution in [0.25, 0.3) is 0 Å². The van der Waals surface area contributed by atoms with Crippen LogP contribution in [0.15, 0.2) is 29.4 Å². The van der Waals surface area contributed by atoms with Gasteiger partial charge < -0.3 is 9.47 Å². The van der Waals surface area contributed by atoms with Crippen molar-refractivity contribution in [1.82, 2.24) is 14.5 Å². The molecular weight excluding hydrogens is 352 g/mol. The molecule has 1 aliphatic heterocycles. The lowest BCUT2D eigenvalue weighted by atomic mass is 9.96. The Morgan fingerprint density at radius 2 is 2.04 bits per heavy atom. The van der Waals surface area contributed by atoms with Gasteiger partial charge in [-0.2, -0.15) is 0 Å². The number of aromatic nitrogens is 2. The number of nitrogens with two attached hydrogens (primary N) is 1. The van der Waals surface area contributed by atoms with Crippen molar-refractivity contribution in [3.05, 3.63) is 47.0 Å². The maximum absolute atomic E-state index is 13.0. The summed E-state index contributed by atoms with van der Waals surface area (Å²) in [5.74, 6) is 0.974. The number of carbonyl (C=O) groups is 1. The molecule has 140 valence electrons. The van der Waals surface area contributed by atoms with Gasteiger partial charge in [0.25, 0.3) is 5.91 Å². The number of sulfonamides is 1. The van der Waals surface area contributed by atoms with Gasteiger partial charge in [0, 0.05) is 44.0 Å². The van der Waals surface area contributed by atoms with Crippen molar-refractivity contribution in [2.24, 2.45) is 12.2 Å². The van der Waals surface area contributed by atoms with E-state index in [1.807, 2.05) is 17.8 Å². The molecule has 8 heteroatoms. The van der Waals surface area contributed by atoms with Crippen LogP contribution in [0.3, 0.4) is 0 Å². The van der Waals surface area contributed by atoms with Crippen LogP contribution >= 0.6 is 0 Å². The number of piperidine rings is 1. The Morgan fingerprint density at radius 3 is 2.65 bits per heavy atom. The molecule has 1 aromatic carbocycles. The van der Waals surface area contributed by atoms with Crippen molar-refractivity contribution in [3.63, 3.8) is 0 Å². The lowest BCUT2D eigenvalue weighted by molar-refractivity contribution is 0.0703. The zero-order chi connectivity index (χ0) is 19.1. The fourth-order valence-corrected chi connectivity index (χ4v) is 4.45. The zero-order valence-corrected chi connectivity index (χ0v) is 16.1. The Labute approximate surface area is 153 Å². The van der Waals surface area contributed by atoms with Gasteiger partial charge in [-0.25, -0.2) is 18.5 Å². The van der Waals surface area contributed by atoms with Gasteiger partial charge in [-0.15, -0.1) is 0 Å². The van der Waals surface area contributed by atoms with Gasteiger partial charge in [0.1, 0.15) is 5.82 Å². The third kappa shape index (κ3) is 3.52. The molecule has 7 nitrogen and oxygen atoms in total. The summed E-state index contributed by atoms with van der Waals surface area (Å²) in [5.41, 5.74) is 1.67. The highest BCUT2D eigenvalue weighted by Gasteiger charge is 2.28. The molecule has 26 heavy (non-hydrogen) atoms. The third-order valence-electron chi connectivity index (χ3n) is 5.11. The van der Waals surface area contributed by atoms with E-state index in [4.69, 9.17) is 5.14 Å². The Hall–Kier alpha value is -2.19. The standard InChI is InChI=1S/C18H24N4O3S/c1-12-9-15(10-16(13(12)2)26(19,24)25)18(23)22-7-4-5-14(11-22)17-20-6-8-21(17)3/h6,8-10,14H,4-5,7,11H2,1-3H3,(H2,19,24,25). The number of imidazole rings is 1. The van der Waals surface area contributed by atoms with Gasteiger partial charge in [0.15, 0.2) is 0 Å². The van der Waals surface area contributed by atoms with Crippen molar-refractivity contribution < 1.29 is 13.2 Å². The number of nitrogens with zero attached hydrogens (tertiary/aromatic N) is 3. The Morgan fingerprint density at radius 1 is 1.31 bits per heavy atom. The van der Waals surface area contributed by atoms with Crippen molar-refractivity contribution in [2.45, 2.75) is 37.5 Å². The van der Waals surface area contributed by atoms with Crippen LogP contribution in [0.1, 0.15) is 46.1 Å². The Bertz CT molecular complexity index is 949. The molecule has 0 radical (unpaired) electrons. The minimum absolute atomic E-state index is 0.0125. The first-order valence-electron chi connectivity index (χ1n) is 8.59. The average molecular weight is 376 g/mol. The first-order chi connectivity index (χ1) is 12.2. The van der Waals surface area contributed by atoms with E-state index in [0.29, 0.717) is 24.2 Å². The monoisotopic (exact) mass is 376 g/mol. The topological polar surface area (TPSA) is 98.3 Å². The first kappa shape index (κ1) is 18.6. The molecule has 1 atom stereocenters. The summed E-state index contributed by atoms with van der Waals surface area (Å²) < 4.78 is 25.7. The first-order valence-corrected chi connectivity index (χ1v) is 10.1. The molecular formula is C18H24N4O3S. The smallest absolute Gasteiger partial charge is 0.253 e. The number of aryl methyl sites for hydroxylation is 2. The lowest BCUT2D eigenvalue weighted by Crippen LogP contribution is -2.39. The number of hydrogen-bond acceptors (Lipinski definition) is 4. The summed E-state index contributed by atoms with van der Waals surface area (Å²) in [5, 5.41) is 5.31. The maximum Gasteiger partial charge on any atom is 0.253 e. The Kier molecular flexibility index (Phi) is 4.90. The van der Waals surface area contributed by atoms with Gasteiger partial charge >= 0.3 is 0 Å². The molecule has 1 saturated heterocycles. The molecule has 3 rings (SSSR count). The molecule has 1 unspecified atom stereocenters. The molecule has 2 aromatic rings. The van der Waals surface area contributed by atoms with Crippen LogP contribution in [0.4, 0.5) is 0 Å². The van der Waals surface area contributed by atoms with Gasteiger partial charge in [-0.3, -0.25) is 4.79 Å². The molecule has 2 N–H and O–H groups in total. The van der Waals surface area contributed by atoms with Crippen LogP contribution in [0, 0.1) is 13.8 Å². The fourth-order valence-electron chi connectivity index (χ4n) is 3.57. The summed E-state index contributed by atoms with van der Waals surface area (Å²) in [7, 11) is -1.93. The zero-order valence-electron chi connectivity index (χ0n) is 15.3. The highest BCUT2D eigenvalue weighted by Crippen LogP contribution is 2.27. The van der Waals surface area contributed by atoms with E-state index in [1.165, 1.54) is 6.07 Å². The van der Waals surface area contributed by atoms with Crippen molar-refractivity contribution in [1.29, 1.82) is 0 Å². The van der Waals surface area contributed by atoms with Gasteiger partial charge in [0.2, 0.25) is 10.0 Å². The summed E-state index contributed by atoms with van der Waals surface area (Å²) >= 11 is 0. The van der Waals surface area contributed by atoms with Crippen LogP contribution in [-0.2, 0) is 17.1 Å². The van der Waals surface area contributed by atoms with E-state index < -0.39 is 10.0 Å². The molecule has 1 amide bonds. The second kappa shape index (κ2) is 6.85. The number of benzene rings is 1. The van der Waals surface area contributed by atoms with Crippen molar-refractivity contribution in [3.8, 4) is 0 Å². The quantitative estimate of drug-likeness (QED) is 0.881. The van der Waals surface area contributed by atoms with Crippen LogP contribution in [0.5, 0.6) is 0 Å². The summed E-state index contributed by atoms with van der Waals surface area (Å²) in [4.78, 5) is 19.2. The van der Waals surface area contributed by atoms with E-state index in [1.54, 1.807) is 31.0 Å². The number of hydrogen-bond donors (Lipinski definition) is 1. The molecule has 0 spiro atoms. The molecule has 0 saturated carbocycles. The van der Waals surface area contributed by atoms with Crippen LogP contribution in [-0.4, -0.2) is 41.9 Å². The molecule has 0 bridgehead atoms. The lowest BCUT2D eigenvalue weighted by Gasteiger charge is -2.32. The number of carbonyl (C=O) groups excluding carboxylic acids is 1. The second-order valence-electron chi connectivity index (χ2n) is 6.95. The molecule has 1 aliphatic rings. The number of amides is 1. The third-order valence-corrected chi connectivity index (χ3v) is 6.14. The predicted octanol–water partition coefficient (Wildman–Crippen LogP) is 1.70. The van der Waals surface area contributed by atoms with E-state index in [0.717, 1.165) is 24.2 Å². The normalized spacial score (nSPS) is 18.2. The highest BCUT2D eigenvalue weighted by molar-refractivity contribution is 7.89. The highest BCUT2D eigenvalue weighted by atomic mass is 32.2. The van der Waals surface area contributed by atoms with E-state index >= 15 is 0 Å². The van der Waals surface area contributed by atoms with Gasteiger partial charge in [0.05, 0.1) is 4.90 Å². The van der Waals surface area contributed by atoms with Crippen LogP contribution < -0.4 is 5.14 Å². The van der Waals surface area contributed by atoms with Crippen molar-refractivity contribution in [2.75, 3.05) is 13.1 Å². The van der Waals surface area contributed by atoms with E-state index in [9.17, 15) is 13.2 Å². The molecule has 1 aromatic heterocycles. The second-order valence-corrected chi connectivity index (χ2v) is 8.48. The predicted molar refractivity (Wildman–Crippen MR) is 98.4 cm³/mol. The minimum Gasteiger partial charge on any atom is -0.338 e. The molecule has 2 heterocycles. The van der Waals surface area contributed by atoms with E-state index in [-0.39, 0.29) is 16.7 Å². The molecule has 1 fully saturated rings. The van der Waals surface area contributed by atoms with E-state index in [2.05, 4.69) is 4.98 Å². The van der Waals surface area contributed by atoms with Crippen molar-refractivity contribution >= 4 is 15.9 Å².